The number of benzene rings is 3. The minimum absolute atomic E-state index is 0.531. The standard InChI is InChI=1S/C31H27N3O17/c35-19-5-1-3-13(22(19)38)25(41)32-16-9-49-29(46)17(33-26(42)14-4-2-6-20(36)23(14)39)10-50-31(48)18(11-51-30(16)47)34-27(43)15-7-12(28(44)45)8-21(37)24(15)40/h1-8,16-18,35-40H,9-11H2,(H,32,41)(H,33,42)(H,34,43)(H,44,45)/t16-,17-,18-/m0/s1. The molecule has 0 spiro atoms. The molecule has 10 N–H and O–H groups in total. The van der Waals surface area contributed by atoms with Crippen molar-refractivity contribution in [2.75, 3.05) is 19.8 Å². The van der Waals surface area contributed by atoms with Crippen molar-refractivity contribution in [1.82, 2.24) is 16.0 Å². The van der Waals surface area contributed by atoms with Crippen LogP contribution in [0.3, 0.4) is 0 Å². The highest BCUT2D eigenvalue weighted by Crippen LogP contribution is 2.31. The highest BCUT2D eigenvalue weighted by molar-refractivity contribution is 6.03. The fourth-order valence-electron chi connectivity index (χ4n) is 4.36. The summed E-state index contributed by atoms with van der Waals surface area (Å²) in [5.74, 6) is -14.8. The number of rotatable bonds is 7. The molecule has 0 bridgehead atoms. The molecule has 268 valence electrons. The fraction of sp³-hybridized carbons (Fsp3) is 0.194. The van der Waals surface area contributed by atoms with Gasteiger partial charge in [0.15, 0.2) is 52.6 Å². The predicted molar refractivity (Wildman–Crippen MR) is 163 cm³/mol. The second kappa shape index (κ2) is 15.3. The zero-order valence-electron chi connectivity index (χ0n) is 25.7. The Morgan fingerprint density at radius 1 is 0.529 bits per heavy atom. The Morgan fingerprint density at radius 3 is 1.25 bits per heavy atom. The van der Waals surface area contributed by atoms with E-state index in [2.05, 4.69) is 10.6 Å². The van der Waals surface area contributed by atoms with Crippen LogP contribution in [-0.2, 0) is 28.6 Å². The lowest BCUT2D eigenvalue weighted by Gasteiger charge is -2.25. The summed E-state index contributed by atoms with van der Waals surface area (Å²) in [6.07, 6.45) is 0. The summed E-state index contributed by atoms with van der Waals surface area (Å²) in [5, 5.41) is 75.3. The summed E-state index contributed by atoms with van der Waals surface area (Å²) in [6.45, 7) is -3.11. The van der Waals surface area contributed by atoms with E-state index >= 15 is 0 Å². The fourth-order valence-corrected chi connectivity index (χ4v) is 4.36. The van der Waals surface area contributed by atoms with Crippen molar-refractivity contribution in [1.29, 1.82) is 0 Å². The molecule has 0 aromatic heterocycles. The summed E-state index contributed by atoms with van der Waals surface area (Å²) in [5.41, 5.74) is -2.55. The van der Waals surface area contributed by atoms with Gasteiger partial charge >= 0.3 is 23.9 Å². The van der Waals surface area contributed by atoms with Gasteiger partial charge in [0.1, 0.15) is 19.8 Å². The lowest BCUT2D eigenvalue weighted by Crippen LogP contribution is -2.52. The third kappa shape index (κ3) is 8.43. The maximum absolute atomic E-state index is 13.2. The van der Waals surface area contributed by atoms with Crippen molar-refractivity contribution >= 4 is 41.6 Å². The molecule has 3 amide bonds. The second-order valence-corrected chi connectivity index (χ2v) is 10.5. The largest absolute Gasteiger partial charge is 0.504 e. The minimum Gasteiger partial charge on any atom is -0.504 e. The number of para-hydroxylation sites is 2. The average molecular weight is 714 g/mol. The molecule has 51 heavy (non-hydrogen) atoms. The van der Waals surface area contributed by atoms with Crippen LogP contribution in [0.25, 0.3) is 0 Å². The van der Waals surface area contributed by atoms with E-state index in [4.69, 9.17) is 14.2 Å². The Morgan fingerprint density at radius 2 is 0.882 bits per heavy atom. The summed E-state index contributed by atoms with van der Waals surface area (Å²) in [6, 6.07) is 2.07. The van der Waals surface area contributed by atoms with Gasteiger partial charge in [0, 0.05) is 0 Å². The Hall–Kier alpha value is -7.25. The number of amides is 3. The van der Waals surface area contributed by atoms with E-state index in [1.165, 1.54) is 12.1 Å². The Kier molecular flexibility index (Phi) is 11.0. The van der Waals surface area contributed by atoms with E-state index in [-0.39, 0.29) is 0 Å². The first-order valence-corrected chi connectivity index (χ1v) is 14.3. The average Bonchev–Trinajstić information content (AvgIpc) is 3.08. The van der Waals surface area contributed by atoms with Crippen LogP contribution in [0.5, 0.6) is 34.5 Å². The van der Waals surface area contributed by atoms with Gasteiger partial charge in [-0.25, -0.2) is 19.2 Å². The monoisotopic (exact) mass is 713 g/mol. The van der Waals surface area contributed by atoms with E-state index in [1.54, 1.807) is 0 Å². The third-order valence-electron chi connectivity index (χ3n) is 7.05. The molecule has 3 atom stereocenters. The van der Waals surface area contributed by atoms with Crippen LogP contribution in [0.15, 0.2) is 48.5 Å². The molecule has 1 aliphatic heterocycles. The van der Waals surface area contributed by atoms with Crippen molar-refractivity contribution in [3.8, 4) is 34.5 Å². The van der Waals surface area contributed by atoms with Crippen molar-refractivity contribution in [3.63, 3.8) is 0 Å². The Bertz CT molecular complexity index is 1860. The number of phenols is 6. The van der Waals surface area contributed by atoms with Gasteiger partial charge in [-0.15, -0.1) is 0 Å². The molecule has 1 saturated heterocycles. The minimum atomic E-state index is -2.00. The summed E-state index contributed by atoms with van der Waals surface area (Å²) >= 11 is 0. The van der Waals surface area contributed by atoms with Crippen molar-refractivity contribution in [2.45, 2.75) is 18.1 Å². The van der Waals surface area contributed by atoms with Gasteiger partial charge in [0.05, 0.1) is 22.3 Å². The molecular formula is C31H27N3O17. The van der Waals surface area contributed by atoms with Gasteiger partial charge in [0.2, 0.25) is 0 Å². The van der Waals surface area contributed by atoms with Crippen LogP contribution in [0, 0.1) is 0 Å². The first-order chi connectivity index (χ1) is 24.1. The van der Waals surface area contributed by atoms with Gasteiger partial charge in [-0.1, -0.05) is 12.1 Å². The molecule has 0 aliphatic carbocycles. The molecular weight excluding hydrogens is 686 g/mol. The molecule has 1 heterocycles. The smallest absolute Gasteiger partial charge is 0.335 e. The molecule has 1 fully saturated rings. The van der Waals surface area contributed by atoms with Crippen molar-refractivity contribution in [3.05, 3.63) is 70.8 Å². The van der Waals surface area contributed by atoms with Crippen molar-refractivity contribution in [2.24, 2.45) is 0 Å². The number of aromatic carboxylic acids is 1. The van der Waals surface area contributed by atoms with Crippen molar-refractivity contribution < 1.29 is 83.5 Å². The molecule has 3 aromatic carbocycles. The van der Waals surface area contributed by atoms with Gasteiger partial charge in [-0.2, -0.15) is 0 Å². The van der Waals surface area contributed by atoms with Crippen LogP contribution < -0.4 is 16.0 Å². The van der Waals surface area contributed by atoms with Gasteiger partial charge in [-0.3, -0.25) is 14.4 Å². The van der Waals surface area contributed by atoms with Gasteiger partial charge in [0.25, 0.3) is 17.7 Å². The van der Waals surface area contributed by atoms with E-state index in [9.17, 15) is 69.3 Å². The number of carboxylic acid groups (broad SMARTS) is 1. The Labute approximate surface area is 284 Å². The van der Waals surface area contributed by atoms with E-state index < -0.39 is 136 Å². The van der Waals surface area contributed by atoms with Crippen LogP contribution in [-0.4, -0.2) is 115 Å². The number of nitrogens with one attached hydrogen (secondary N) is 3. The summed E-state index contributed by atoms with van der Waals surface area (Å²) in [4.78, 5) is 89.7. The summed E-state index contributed by atoms with van der Waals surface area (Å²) in [7, 11) is 0. The first-order valence-electron chi connectivity index (χ1n) is 14.3. The molecule has 0 unspecified atom stereocenters. The lowest BCUT2D eigenvalue weighted by molar-refractivity contribution is -0.160. The van der Waals surface area contributed by atoms with Gasteiger partial charge in [-0.05, 0) is 36.4 Å². The number of hydrogen-bond acceptors (Lipinski definition) is 16. The maximum atomic E-state index is 13.2. The third-order valence-corrected chi connectivity index (χ3v) is 7.05. The highest BCUT2D eigenvalue weighted by atomic mass is 16.6. The quantitative estimate of drug-likeness (QED) is 0.0794. The number of cyclic esters (lactones) is 3. The number of carbonyl (C=O) groups excluding carboxylic acids is 6. The van der Waals surface area contributed by atoms with E-state index in [0.29, 0.717) is 12.1 Å². The number of aromatic hydroxyl groups is 6. The number of esters is 3. The van der Waals surface area contributed by atoms with Crippen LogP contribution in [0.4, 0.5) is 0 Å². The lowest BCUT2D eigenvalue weighted by atomic mass is 10.1. The number of carboxylic acids is 1. The molecule has 1 aliphatic rings. The zero-order chi connectivity index (χ0) is 37.6. The molecule has 20 nitrogen and oxygen atoms in total. The number of ether oxygens (including phenoxy) is 3. The van der Waals surface area contributed by atoms with E-state index in [0.717, 1.165) is 24.3 Å². The molecule has 0 saturated carbocycles. The number of phenolic OH excluding ortho intramolecular Hbond substituents is 6. The number of carbonyl (C=O) groups is 7. The Balaban J connectivity index is 1.65. The van der Waals surface area contributed by atoms with Crippen LogP contribution in [0.1, 0.15) is 41.4 Å². The zero-order valence-corrected chi connectivity index (χ0v) is 25.7. The SMILES string of the molecule is O=C(O)c1cc(O)c(O)c(C(=O)N[C@H]2COC(=O)[C@@H](NC(=O)c3cccc(O)c3O)COC(=O)[C@@H](NC(=O)c3cccc(O)c3O)COC2=O)c1. The predicted octanol–water partition coefficient (Wildman–Crippen LogP) is -1.04. The molecule has 20 heteroatoms. The van der Waals surface area contributed by atoms with E-state index in [1.807, 2.05) is 5.32 Å². The molecule has 0 radical (unpaired) electrons. The molecule has 3 aromatic rings. The maximum Gasteiger partial charge on any atom is 0.335 e. The van der Waals surface area contributed by atoms with Crippen LogP contribution >= 0.6 is 0 Å². The van der Waals surface area contributed by atoms with Gasteiger partial charge < -0.3 is 65.9 Å². The van der Waals surface area contributed by atoms with Crippen LogP contribution in [0.2, 0.25) is 0 Å². The second-order valence-electron chi connectivity index (χ2n) is 10.5. The molecule has 4 rings (SSSR count). The summed E-state index contributed by atoms with van der Waals surface area (Å²) < 4.78 is 15.2. The highest BCUT2D eigenvalue weighted by Gasteiger charge is 2.35. The normalized spacial score (nSPS) is 18.0. The topological polar surface area (TPSA) is 325 Å². The first kappa shape index (κ1) is 36.6. The number of hydrogen-bond donors (Lipinski definition) is 10.